The van der Waals surface area contributed by atoms with E-state index in [4.69, 9.17) is 0 Å². The summed E-state index contributed by atoms with van der Waals surface area (Å²) in [6.07, 6.45) is 1.14. The zero-order valence-corrected chi connectivity index (χ0v) is 14.4. The van der Waals surface area contributed by atoms with Crippen molar-refractivity contribution in [2.75, 3.05) is 13.6 Å². The van der Waals surface area contributed by atoms with Gasteiger partial charge in [0.05, 0.1) is 12.2 Å². The Morgan fingerprint density at radius 1 is 1.35 bits per heavy atom. The van der Waals surface area contributed by atoms with Gasteiger partial charge in [0.1, 0.15) is 5.01 Å². The van der Waals surface area contributed by atoms with E-state index in [1.165, 1.54) is 0 Å². The van der Waals surface area contributed by atoms with E-state index >= 15 is 0 Å². The smallest absolute Gasteiger partial charge is 0.191 e. The average molecular weight is 296 g/mol. The molecular weight excluding hydrogens is 268 g/mol. The van der Waals surface area contributed by atoms with Gasteiger partial charge in [-0.15, -0.1) is 11.3 Å². The predicted octanol–water partition coefficient (Wildman–Crippen LogP) is 3.15. The molecule has 2 N–H and O–H groups in total. The molecule has 0 atom stereocenters. The van der Waals surface area contributed by atoms with Crippen molar-refractivity contribution >= 4 is 17.3 Å². The number of aromatic nitrogens is 1. The topological polar surface area (TPSA) is 49.3 Å². The maximum atomic E-state index is 4.67. The Kier molecular flexibility index (Phi) is 6.46. The maximum Gasteiger partial charge on any atom is 0.191 e. The molecule has 0 spiro atoms. The number of rotatable bonds is 5. The number of hydrogen-bond acceptors (Lipinski definition) is 3. The molecule has 114 valence electrons. The first kappa shape index (κ1) is 17.0. The second-order valence-electron chi connectivity index (χ2n) is 6.41. The van der Waals surface area contributed by atoms with Crippen LogP contribution in [0.25, 0.3) is 0 Å². The summed E-state index contributed by atoms with van der Waals surface area (Å²) in [7, 11) is 1.80. The lowest BCUT2D eigenvalue weighted by Gasteiger charge is -2.14. The average Bonchev–Trinajstić information content (AvgIpc) is 2.81. The van der Waals surface area contributed by atoms with Gasteiger partial charge in [-0.05, 0) is 12.3 Å². The summed E-state index contributed by atoms with van der Waals surface area (Å²) in [5.74, 6) is 1.55. The summed E-state index contributed by atoms with van der Waals surface area (Å²) < 4.78 is 0. The van der Waals surface area contributed by atoms with E-state index in [0.717, 1.165) is 36.2 Å². The minimum atomic E-state index is 0.117. The van der Waals surface area contributed by atoms with Crippen LogP contribution in [0.2, 0.25) is 0 Å². The van der Waals surface area contributed by atoms with E-state index in [1.54, 1.807) is 18.4 Å². The van der Waals surface area contributed by atoms with Crippen LogP contribution in [0, 0.1) is 5.92 Å². The molecule has 20 heavy (non-hydrogen) atoms. The molecule has 0 bridgehead atoms. The van der Waals surface area contributed by atoms with Gasteiger partial charge in [-0.25, -0.2) is 4.98 Å². The summed E-state index contributed by atoms with van der Waals surface area (Å²) >= 11 is 1.70. The van der Waals surface area contributed by atoms with E-state index in [1.807, 2.05) is 0 Å². The summed E-state index contributed by atoms with van der Waals surface area (Å²) in [4.78, 5) is 8.90. The number of nitrogens with zero attached hydrogens (tertiary/aromatic N) is 2. The third-order valence-corrected chi connectivity index (χ3v) is 3.81. The summed E-state index contributed by atoms with van der Waals surface area (Å²) in [5.41, 5.74) is 1.27. The van der Waals surface area contributed by atoms with E-state index in [2.05, 4.69) is 60.6 Å². The fourth-order valence-corrected chi connectivity index (χ4v) is 2.56. The predicted molar refractivity (Wildman–Crippen MR) is 88.5 cm³/mol. The van der Waals surface area contributed by atoms with Crippen LogP contribution in [0.15, 0.2) is 10.4 Å². The van der Waals surface area contributed by atoms with Crippen molar-refractivity contribution in [1.29, 1.82) is 0 Å². The molecule has 1 aromatic heterocycles. The lowest BCUT2D eigenvalue weighted by atomic mass is 9.93. The minimum Gasteiger partial charge on any atom is -0.356 e. The molecular formula is C15H28N4S. The number of nitrogens with one attached hydrogen (secondary N) is 2. The van der Waals surface area contributed by atoms with Crippen molar-refractivity contribution in [1.82, 2.24) is 15.6 Å². The highest BCUT2D eigenvalue weighted by Gasteiger charge is 2.17. The van der Waals surface area contributed by atoms with E-state index in [9.17, 15) is 0 Å². The largest absolute Gasteiger partial charge is 0.356 e. The molecule has 4 nitrogen and oxygen atoms in total. The standard InChI is InChI=1S/C15H28N4S/c1-11(2)7-8-17-14(16-6)18-9-13-19-12(10-20-13)15(3,4)5/h10-11H,7-9H2,1-6H3,(H2,16,17,18). The van der Waals surface area contributed by atoms with Crippen molar-refractivity contribution < 1.29 is 0 Å². The van der Waals surface area contributed by atoms with Gasteiger partial charge in [-0.3, -0.25) is 4.99 Å². The van der Waals surface area contributed by atoms with Crippen LogP contribution in [0.5, 0.6) is 0 Å². The van der Waals surface area contributed by atoms with Crippen molar-refractivity contribution in [3.63, 3.8) is 0 Å². The first-order valence-electron chi connectivity index (χ1n) is 7.22. The van der Waals surface area contributed by atoms with E-state index in [0.29, 0.717) is 5.92 Å². The van der Waals surface area contributed by atoms with Crippen LogP contribution in [-0.4, -0.2) is 24.5 Å². The van der Waals surface area contributed by atoms with Gasteiger partial charge in [0.2, 0.25) is 0 Å². The molecule has 0 aliphatic rings. The Morgan fingerprint density at radius 2 is 2.05 bits per heavy atom. The van der Waals surface area contributed by atoms with Crippen LogP contribution in [0.1, 0.15) is 51.7 Å². The van der Waals surface area contributed by atoms with Gasteiger partial charge in [0.15, 0.2) is 5.96 Å². The van der Waals surface area contributed by atoms with Crippen LogP contribution in [0.4, 0.5) is 0 Å². The molecule has 0 saturated carbocycles. The first-order valence-corrected chi connectivity index (χ1v) is 8.10. The number of hydrogen-bond donors (Lipinski definition) is 2. The number of aliphatic imine (C=N–C) groups is 1. The summed E-state index contributed by atoms with van der Waals surface area (Å²) in [5, 5.41) is 9.88. The third-order valence-electron chi connectivity index (χ3n) is 2.96. The Hall–Kier alpha value is -1.10. The Labute approximate surface area is 127 Å². The highest BCUT2D eigenvalue weighted by Crippen LogP contribution is 2.23. The fourth-order valence-electron chi connectivity index (χ4n) is 1.60. The molecule has 0 fully saturated rings. The fraction of sp³-hybridized carbons (Fsp3) is 0.733. The highest BCUT2D eigenvalue weighted by molar-refractivity contribution is 7.09. The first-order chi connectivity index (χ1) is 9.32. The maximum absolute atomic E-state index is 4.67. The van der Waals surface area contributed by atoms with Gasteiger partial charge >= 0.3 is 0 Å². The molecule has 5 heteroatoms. The van der Waals surface area contributed by atoms with Gasteiger partial charge in [0, 0.05) is 24.4 Å². The van der Waals surface area contributed by atoms with Crippen LogP contribution < -0.4 is 10.6 Å². The molecule has 0 amide bonds. The highest BCUT2D eigenvalue weighted by atomic mass is 32.1. The van der Waals surface area contributed by atoms with Crippen molar-refractivity contribution in [3.05, 3.63) is 16.1 Å². The molecule has 0 aromatic carbocycles. The second kappa shape index (κ2) is 7.62. The van der Waals surface area contributed by atoms with Crippen LogP contribution >= 0.6 is 11.3 Å². The van der Waals surface area contributed by atoms with Gasteiger partial charge in [-0.2, -0.15) is 0 Å². The molecule has 0 unspecified atom stereocenters. The Balaban J connectivity index is 2.43. The lowest BCUT2D eigenvalue weighted by molar-refractivity contribution is 0.568. The number of guanidine groups is 1. The monoisotopic (exact) mass is 296 g/mol. The zero-order chi connectivity index (χ0) is 15.2. The van der Waals surface area contributed by atoms with E-state index < -0.39 is 0 Å². The van der Waals surface area contributed by atoms with Gasteiger partial charge in [-0.1, -0.05) is 34.6 Å². The van der Waals surface area contributed by atoms with Crippen LogP contribution in [0.3, 0.4) is 0 Å². The van der Waals surface area contributed by atoms with Crippen LogP contribution in [-0.2, 0) is 12.0 Å². The van der Waals surface area contributed by atoms with Crippen molar-refractivity contribution in [2.24, 2.45) is 10.9 Å². The van der Waals surface area contributed by atoms with Gasteiger partial charge in [0.25, 0.3) is 0 Å². The molecule has 1 aromatic rings. The third kappa shape index (κ3) is 5.90. The molecule has 0 aliphatic heterocycles. The van der Waals surface area contributed by atoms with E-state index in [-0.39, 0.29) is 5.41 Å². The second-order valence-corrected chi connectivity index (χ2v) is 7.35. The van der Waals surface area contributed by atoms with Crippen molar-refractivity contribution in [3.8, 4) is 0 Å². The molecule has 0 radical (unpaired) electrons. The molecule has 1 rings (SSSR count). The van der Waals surface area contributed by atoms with Gasteiger partial charge < -0.3 is 10.6 Å². The van der Waals surface area contributed by atoms with Crippen molar-refractivity contribution in [2.45, 2.75) is 53.0 Å². The Morgan fingerprint density at radius 3 is 2.55 bits per heavy atom. The summed E-state index contributed by atoms with van der Waals surface area (Å²) in [6, 6.07) is 0. The minimum absolute atomic E-state index is 0.117. The summed E-state index contributed by atoms with van der Waals surface area (Å²) in [6.45, 7) is 12.7. The quantitative estimate of drug-likeness (QED) is 0.648. The SMILES string of the molecule is CN=C(NCCC(C)C)NCc1nc(C(C)(C)C)cs1. The Bertz CT molecular complexity index is 429. The molecule has 0 aliphatic carbocycles. The zero-order valence-electron chi connectivity index (χ0n) is 13.6. The lowest BCUT2D eigenvalue weighted by Crippen LogP contribution is -2.37. The molecule has 0 saturated heterocycles. The number of thiazole rings is 1. The normalized spacial score (nSPS) is 12.8. The molecule has 1 heterocycles.